The Labute approximate surface area is 134 Å². The van der Waals surface area contributed by atoms with Gasteiger partial charge in [0.2, 0.25) is 0 Å². The molecule has 2 aromatic rings. The van der Waals surface area contributed by atoms with Crippen LogP contribution in [0.5, 0.6) is 0 Å². The number of aryl methyl sites for hydroxylation is 1. The topological polar surface area (TPSA) is 75.3 Å². The number of hydrogen-bond donors (Lipinski definition) is 2. The van der Waals surface area contributed by atoms with Crippen molar-refractivity contribution in [3.8, 4) is 11.3 Å². The summed E-state index contributed by atoms with van der Waals surface area (Å²) >= 11 is 0. The first-order valence-electron chi connectivity index (χ1n) is 7.69. The monoisotopic (exact) mass is 309 g/mol. The van der Waals surface area contributed by atoms with Crippen LogP contribution in [0.2, 0.25) is 0 Å². The molecule has 6 nitrogen and oxygen atoms in total. The van der Waals surface area contributed by atoms with Crippen molar-refractivity contribution >= 4 is 6.21 Å². The van der Waals surface area contributed by atoms with E-state index in [1.54, 1.807) is 20.0 Å². The molecular formula is C17H19N5O. The highest BCUT2D eigenvalue weighted by Crippen LogP contribution is 2.32. The molecule has 2 N–H and O–H groups in total. The van der Waals surface area contributed by atoms with E-state index in [1.807, 2.05) is 31.5 Å². The van der Waals surface area contributed by atoms with Crippen LogP contribution >= 0.6 is 0 Å². The Kier molecular flexibility index (Phi) is 2.93. The predicted octanol–water partition coefficient (Wildman–Crippen LogP) is 1.90. The predicted molar refractivity (Wildman–Crippen MR) is 88.1 cm³/mol. The zero-order valence-electron chi connectivity index (χ0n) is 13.4. The smallest absolute Gasteiger partial charge is 0.143 e. The summed E-state index contributed by atoms with van der Waals surface area (Å²) in [6, 6.07) is 3.96. The van der Waals surface area contributed by atoms with Crippen LogP contribution in [0, 0.1) is 6.92 Å². The largest absolute Gasteiger partial charge is 0.384 e. The summed E-state index contributed by atoms with van der Waals surface area (Å²) in [4.78, 5) is 13.7. The summed E-state index contributed by atoms with van der Waals surface area (Å²) in [6.07, 6.45) is 7.75. The Balaban J connectivity index is 1.79. The van der Waals surface area contributed by atoms with Gasteiger partial charge in [0.05, 0.1) is 23.1 Å². The van der Waals surface area contributed by atoms with Crippen LogP contribution < -0.4 is 5.32 Å². The number of nitrogens with zero attached hydrogens (tertiary/aromatic N) is 4. The van der Waals surface area contributed by atoms with Crippen LogP contribution in [0.25, 0.3) is 11.3 Å². The van der Waals surface area contributed by atoms with Crippen molar-refractivity contribution in [2.45, 2.75) is 38.6 Å². The van der Waals surface area contributed by atoms with E-state index in [-0.39, 0.29) is 12.2 Å². The van der Waals surface area contributed by atoms with E-state index in [0.29, 0.717) is 5.69 Å². The van der Waals surface area contributed by atoms with Gasteiger partial charge in [0.25, 0.3) is 0 Å². The Bertz CT molecular complexity index is 811. The molecule has 23 heavy (non-hydrogen) atoms. The minimum atomic E-state index is -0.947. The van der Waals surface area contributed by atoms with E-state index in [2.05, 4.69) is 25.9 Å². The van der Waals surface area contributed by atoms with E-state index in [1.165, 1.54) is 0 Å². The SMILES string of the molecule is Cc1nc(-c2ccc(C(C)(C)O)nc2)c2n1C1C=CNC1N=C2. The highest BCUT2D eigenvalue weighted by atomic mass is 16.3. The van der Waals surface area contributed by atoms with Crippen LogP contribution in [0.1, 0.15) is 37.1 Å². The first-order valence-corrected chi connectivity index (χ1v) is 7.69. The lowest BCUT2D eigenvalue weighted by Crippen LogP contribution is -2.31. The van der Waals surface area contributed by atoms with Crippen molar-refractivity contribution in [1.82, 2.24) is 19.9 Å². The Morgan fingerprint density at radius 2 is 2.13 bits per heavy atom. The molecule has 0 radical (unpaired) electrons. The van der Waals surface area contributed by atoms with Gasteiger partial charge in [-0.1, -0.05) is 0 Å². The van der Waals surface area contributed by atoms with Gasteiger partial charge >= 0.3 is 0 Å². The van der Waals surface area contributed by atoms with Gasteiger partial charge in [-0.25, -0.2) is 4.98 Å². The average Bonchev–Trinajstić information content (AvgIpc) is 3.10. The normalized spacial score (nSPS) is 21.9. The second kappa shape index (κ2) is 4.76. The number of rotatable bonds is 2. The molecular weight excluding hydrogens is 290 g/mol. The van der Waals surface area contributed by atoms with Crippen LogP contribution in [-0.4, -0.2) is 32.0 Å². The summed E-state index contributed by atoms with van der Waals surface area (Å²) in [7, 11) is 0. The van der Waals surface area contributed by atoms with Gasteiger partial charge in [-0.2, -0.15) is 0 Å². The molecule has 2 atom stereocenters. The molecule has 118 valence electrons. The second-order valence-corrected chi connectivity index (χ2v) is 6.49. The summed E-state index contributed by atoms with van der Waals surface area (Å²) in [5.41, 5.74) is 2.49. The molecule has 0 aromatic carbocycles. The lowest BCUT2D eigenvalue weighted by Gasteiger charge is -2.24. The van der Waals surface area contributed by atoms with Crippen molar-refractivity contribution in [2.24, 2.45) is 4.99 Å². The summed E-state index contributed by atoms with van der Waals surface area (Å²) in [6.45, 7) is 5.46. The standard InChI is InChI=1S/C17H19N5O/c1-10-21-15(11-4-5-14(19-8-11)17(2,3)23)13-9-20-16-12(22(10)13)6-7-18-16/h4-9,12,16,18,23H,1-3H3. The van der Waals surface area contributed by atoms with Crippen molar-refractivity contribution in [3.63, 3.8) is 0 Å². The molecule has 2 aliphatic rings. The maximum Gasteiger partial charge on any atom is 0.143 e. The first-order chi connectivity index (χ1) is 10.9. The van der Waals surface area contributed by atoms with Gasteiger partial charge in [0.1, 0.15) is 17.6 Å². The molecule has 0 saturated heterocycles. The molecule has 0 amide bonds. The van der Waals surface area contributed by atoms with Gasteiger partial charge in [-0.3, -0.25) is 9.98 Å². The van der Waals surface area contributed by atoms with E-state index in [9.17, 15) is 5.11 Å². The fourth-order valence-corrected chi connectivity index (χ4v) is 3.14. The number of hydrogen-bond acceptors (Lipinski definition) is 5. The van der Waals surface area contributed by atoms with Crippen molar-refractivity contribution < 1.29 is 5.11 Å². The number of fused-ring (bicyclic) bond motifs is 3. The molecule has 0 aliphatic carbocycles. The first kappa shape index (κ1) is 14.1. The number of nitrogens with one attached hydrogen (secondary N) is 1. The van der Waals surface area contributed by atoms with Crippen LogP contribution in [0.4, 0.5) is 0 Å². The third-order valence-electron chi connectivity index (χ3n) is 4.33. The molecule has 6 heteroatoms. The van der Waals surface area contributed by atoms with Crippen LogP contribution in [0.15, 0.2) is 35.6 Å². The number of aromatic nitrogens is 3. The third kappa shape index (κ3) is 2.17. The van der Waals surface area contributed by atoms with Crippen LogP contribution in [-0.2, 0) is 5.60 Å². The third-order valence-corrected chi connectivity index (χ3v) is 4.33. The quantitative estimate of drug-likeness (QED) is 0.888. The highest BCUT2D eigenvalue weighted by molar-refractivity contribution is 5.88. The minimum Gasteiger partial charge on any atom is -0.384 e. The molecule has 0 spiro atoms. The van der Waals surface area contributed by atoms with Gasteiger partial charge in [0.15, 0.2) is 0 Å². The zero-order valence-corrected chi connectivity index (χ0v) is 13.4. The number of aliphatic hydroxyl groups is 1. The van der Waals surface area contributed by atoms with E-state index in [0.717, 1.165) is 22.8 Å². The fourth-order valence-electron chi connectivity index (χ4n) is 3.14. The lowest BCUT2D eigenvalue weighted by molar-refractivity contribution is 0.0739. The average molecular weight is 309 g/mol. The zero-order chi connectivity index (χ0) is 16.2. The molecule has 0 fully saturated rings. The summed E-state index contributed by atoms with van der Waals surface area (Å²) in [5, 5.41) is 13.3. The number of pyridine rings is 1. The fraction of sp³-hybridized carbons (Fsp3) is 0.353. The maximum atomic E-state index is 10.0. The molecule has 2 unspecified atom stereocenters. The molecule has 2 aliphatic heterocycles. The Hall–Kier alpha value is -2.47. The number of imidazole rings is 1. The Morgan fingerprint density at radius 3 is 2.83 bits per heavy atom. The highest BCUT2D eigenvalue weighted by Gasteiger charge is 2.31. The van der Waals surface area contributed by atoms with Gasteiger partial charge in [-0.15, -0.1) is 0 Å². The van der Waals surface area contributed by atoms with Crippen molar-refractivity contribution in [1.29, 1.82) is 0 Å². The second-order valence-electron chi connectivity index (χ2n) is 6.49. The lowest BCUT2D eigenvalue weighted by atomic mass is 10.0. The van der Waals surface area contributed by atoms with E-state index < -0.39 is 5.60 Å². The van der Waals surface area contributed by atoms with E-state index in [4.69, 9.17) is 4.98 Å². The Morgan fingerprint density at radius 1 is 1.30 bits per heavy atom. The maximum absolute atomic E-state index is 10.0. The van der Waals surface area contributed by atoms with Crippen molar-refractivity contribution in [3.05, 3.63) is 47.8 Å². The summed E-state index contributed by atoms with van der Waals surface area (Å²) in [5.74, 6) is 0.955. The van der Waals surface area contributed by atoms with Gasteiger partial charge < -0.3 is 15.0 Å². The molecule has 4 rings (SSSR count). The van der Waals surface area contributed by atoms with Gasteiger partial charge in [-0.05, 0) is 45.2 Å². The van der Waals surface area contributed by atoms with E-state index >= 15 is 0 Å². The summed E-state index contributed by atoms with van der Waals surface area (Å²) < 4.78 is 2.20. The molecule has 4 heterocycles. The number of aliphatic imine (C=N–C) groups is 1. The van der Waals surface area contributed by atoms with Crippen LogP contribution in [0.3, 0.4) is 0 Å². The van der Waals surface area contributed by atoms with Gasteiger partial charge in [0, 0.05) is 18.0 Å². The molecule has 0 saturated carbocycles. The molecule has 0 bridgehead atoms. The molecule has 2 aromatic heterocycles. The van der Waals surface area contributed by atoms with Crippen molar-refractivity contribution in [2.75, 3.05) is 0 Å². The minimum absolute atomic E-state index is 0.0546.